The van der Waals surface area contributed by atoms with Crippen LogP contribution in [-0.2, 0) is 0 Å². The highest BCUT2D eigenvalue weighted by Gasteiger charge is 2.20. The van der Waals surface area contributed by atoms with Crippen LogP contribution in [-0.4, -0.2) is 19.6 Å². The Hall–Kier alpha value is -1.22. The average molecular weight is 298 g/mol. The number of nitrogens with one attached hydrogen (secondary N) is 1. The topological polar surface area (TPSA) is 38.3 Å². The van der Waals surface area contributed by atoms with Gasteiger partial charge in [-0.3, -0.25) is 4.79 Å². The van der Waals surface area contributed by atoms with Gasteiger partial charge in [-0.15, -0.1) is 0 Å². The zero-order valence-corrected chi connectivity index (χ0v) is 13.6. The lowest BCUT2D eigenvalue weighted by Crippen LogP contribution is -2.34. The van der Waals surface area contributed by atoms with Crippen LogP contribution in [0.1, 0.15) is 38.1 Å². The molecule has 3 nitrogen and oxygen atoms in total. The molecule has 0 fully saturated rings. The smallest absolute Gasteiger partial charge is 0.255 e. The van der Waals surface area contributed by atoms with E-state index in [0.717, 1.165) is 0 Å². The molecule has 1 aromatic carbocycles. The van der Waals surface area contributed by atoms with Gasteiger partial charge in [0.2, 0.25) is 0 Å². The molecule has 0 saturated heterocycles. The summed E-state index contributed by atoms with van der Waals surface area (Å²) in [5.74, 6) is 1.89. The van der Waals surface area contributed by atoms with E-state index in [9.17, 15) is 4.79 Å². The second-order valence-corrected chi connectivity index (χ2v) is 6.14. The molecule has 0 unspecified atom stereocenters. The summed E-state index contributed by atoms with van der Waals surface area (Å²) in [5, 5.41) is 3.51. The molecule has 1 N–H and O–H groups in total. The first kappa shape index (κ1) is 16.8. The van der Waals surface area contributed by atoms with E-state index in [2.05, 4.69) is 33.0 Å². The van der Waals surface area contributed by atoms with Crippen molar-refractivity contribution >= 4 is 17.5 Å². The molecule has 4 heteroatoms. The Kier molecular flexibility index (Phi) is 6.34. The molecule has 0 radical (unpaired) electrons. The van der Waals surface area contributed by atoms with Crippen molar-refractivity contribution in [1.29, 1.82) is 0 Å². The lowest BCUT2D eigenvalue weighted by molar-refractivity contribution is 0.0934. The van der Waals surface area contributed by atoms with Crippen LogP contribution in [0.4, 0.5) is 0 Å². The summed E-state index contributed by atoms with van der Waals surface area (Å²) in [6.45, 7) is 9.37. The van der Waals surface area contributed by atoms with Crippen LogP contribution in [0.3, 0.4) is 0 Å². The van der Waals surface area contributed by atoms with Gasteiger partial charge in [-0.2, -0.15) is 0 Å². The molecule has 0 aromatic heterocycles. The van der Waals surface area contributed by atoms with Crippen LogP contribution < -0.4 is 10.1 Å². The second-order valence-electron chi connectivity index (χ2n) is 5.71. The Morgan fingerprint density at radius 3 is 2.35 bits per heavy atom. The molecule has 0 saturated carbocycles. The van der Waals surface area contributed by atoms with Gasteiger partial charge in [-0.1, -0.05) is 39.3 Å². The van der Waals surface area contributed by atoms with Gasteiger partial charge in [0.1, 0.15) is 5.75 Å². The minimum Gasteiger partial charge on any atom is -0.496 e. The molecule has 0 aliphatic carbocycles. The van der Waals surface area contributed by atoms with Gasteiger partial charge >= 0.3 is 0 Å². The summed E-state index contributed by atoms with van der Waals surface area (Å²) in [6, 6.07) is 5.05. The van der Waals surface area contributed by atoms with E-state index in [1.54, 1.807) is 25.3 Å². The van der Waals surface area contributed by atoms with E-state index in [-0.39, 0.29) is 5.91 Å². The van der Waals surface area contributed by atoms with E-state index in [4.69, 9.17) is 16.3 Å². The van der Waals surface area contributed by atoms with Gasteiger partial charge in [0.25, 0.3) is 5.91 Å². The van der Waals surface area contributed by atoms with Gasteiger partial charge in [-0.05, 0) is 36.0 Å². The second kappa shape index (κ2) is 7.53. The van der Waals surface area contributed by atoms with Crippen molar-refractivity contribution in [2.24, 2.45) is 17.8 Å². The Morgan fingerprint density at radius 2 is 1.85 bits per heavy atom. The summed E-state index contributed by atoms with van der Waals surface area (Å²) in [4.78, 5) is 12.3. The molecular weight excluding hydrogens is 274 g/mol. The quantitative estimate of drug-likeness (QED) is 0.861. The standard InChI is InChI=1S/C16H24ClNO2/c1-10(2)14(11(3)4)9-18-16(19)13-8-12(17)6-7-15(13)20-5/h6-8,10-11,14H,9H2,1-5H3,(H,18,19). The number of hydrogen-bond acceptors (Lipinski definition) is 2. The molecular formula is C16H24ClNO2. The zero-order chi connectivity index (χ0) is 15.3. The average Bonchev–Trinajstić information content (AvgIpc) is 2.37. The minimum atomic E-state index is -0.143. The van der Waals surface area contributed by atoms with E-state index in [0.29, 0.717) is 40.6 Å². The van der Waals surface area contributed by atoms with Crippen LogP contribution in [0.5, 0.6) is 5.75 Å². The Labute approximate surface area is 126 Å². The Balaban J connectivity index is 2.79. The largest absolute Gasteiger partial charge is 0.496 e. The molecule has 0 atom stereocenters. The number of benzene rings is 1. The molecule has 0 spiro atoms. The normalized spacial score (nSPS) is 11.2. The zero-order valence-electron chi connectivity index (χ0n) is 12.9. The van der Waals surface area contributed by atoms with Crippen LogP contribution in [0.15, 0.2) is 18.2 Å². The monoisotopic (exact) mass is 297 g/mol. The molecule has 112 valence electrons. The van der Waals surface area contributed by atoms with Crippen molar-refractivity contribution < 1.29 is 9.53 Å². The number of carbonyl (C=O) groups is 1. The highest BCUT2D eigenvalue weighted by Crippen LogP contribution is 2.23. The summed E-state index contributed by atoms with van der Waals surface area (Å²) in [5.41, 5.74) is 0.478. The SMILES string of the molecule is COc1ccc(Cl)cc1C(=O)NCC(C(C)C)C(C)C. The lowest BCUT2D eigenvalue weighted by Gasteiger charge is -2.25. The fourth-order valence-corrected chi connectivity index (χ4v) is 2.58. The van der Waals surface area contributed by atoms with E-state index < -0.39 is 0 Å². The number of amides is 1. The van der Waals surface area contributed by atoms with Crippen LogP contribution in [0.2, 0.25) is 5.02 Å². The third-order valence-corrected chi connectivity index (χ3v) is 3.85. The number of halogens is 1. The molecule has 20 heavy (non-hydrogen) atoms. The van der Waals surface area contributed by atoms with Crippen molar-refractivity contribution in [2.75, 3.05) is 13.7 Å². The predicted octanol–water partition coefficient (Wildman–Crippen LogP) is 4.01. The van der Waals surface area contributed by atoms with Crippen molar-refractivity contribution in [3.8, 4) is 5.75 Å². The minimum absolute atomic E-state index is 0.143. The maximum absolute atomic E-state index is 12.3. The van der Waals surface area contributed by atoms with Crippen molar-refractivity contribution in [1.82, 2.24) is 5.32 Å². The molecule has 0 bridgehead atoms. The summed E-state index contributed by atoms with van der Waals surface area (Å²) >= 11 is 5.95. The number of hydrogen-bond donors (Lipinski definition) is 1. The van der Waals surface area contributed by atoms with Gasteiger partial charge in [-0.25, -0.2) is 0 Å². The van der Waals surface area contributed by atoms with Crippen LogP contribution >= 0.6 is 11.6 Å². The third-order valence-electron chi connectivity index (χ3n) is 3.62. The van der Waals surface area contributed by atoms with E-state index in [1.165, 1.54) is 0 Å². The fraction of sp³-hybridized carbons (Fsp3) is 0.562. The van der Waals surface area contributed by atoms with Crippen molar-refractivity contribution in [3.63, 3.8) is 0 Å². The van der Waals surface area contributed by atoms with Crippen LogP contribution in [0, 0.1) is 17.8 Å². The number of rotatable bonds is 6. The molecule has 0 aliphatic rings. The maximum Gasteiger partial charge on any atom is 0.255 e. The molecule has 1 aromatic rings. The summed E-state index contributed by atoms with van der Waals surface area (Å²) in [6.07, 6.45) is 0. The number of carbonyl (C=O) groups excluding carboxylic acids is 1. The Bertz CT molecular complexity index is 450. The predicted molar refractivity (Wildman–Crippen MR) is 83.5 cm³/mol. The van der Waals surface area contributed by atoms with Crippen molar-refractivity contribution in [3.05, 3.63) is 28.8 Å². The first-order chi connectivity index (χ1) is 9.36. The molecule has 0 heterocycles. The highest BCUT2D eigenvalue weighted by molar-refractivity contribution is 6.31. The lowest BCUT2D eigenvalue weighted by atomic mass is 9.85. The molecule has 1 amide bonds. The molecule has 0 aliphatic heterocycles. The number of methoxy groups -OCH3 is 1. The van der Waals surface area contributed by atoms with Gasteiger partial charge in [0.15, 0.2) is 0 Å². The van der Waals surface area contributed by atoms with Gasteiger partial charge < -0.3 is 10.1 Å². The van der Waals surface area contributed by atoms with Crippen molar-refractivity contribution in [2.45, 2.75) is 27.7 Å². The highest BCUT2D eigenvalue weighted by atomic mass is 35.5. The first-order valence-corrected chi connectivity index (χ1v) is 7.36. The van der Waals surface area contributed by atoms with E-state index >= 15 is 0 Å². The van der Waals surface area contributed by atoms with Crippen LogP contribution in [0.25, 0.3) is 0 Å². The van der Waals surface area contributed by atoms with Gasteiger partial charge in [0.05, 0.1) is 12.7 Å². The first-order valence-electron chi connectivity index (χ1n) is 6.98. The maximum atomic E-state index is 12.3. The van der Waals surface area contributed by atoms with Gasteiger partial charge in [0, 0.05) is 11.6 Å². The fourth-order valence-electron chi connectivity index (χ4n) is 2.40. The number of ether oxygens (including phenoxy) is 1. The summed E-state index contributed by atoms with van der Waals surface area (Å²) in [7, 11) is 1.55. The Morgan fingerprint density at radius 1 is 1.25 bits per heavy atom. The summed E-state index contributed by atoms with van der Waals surface area (Å²) < 4.78 is 5.20. The van der Waals surface area contributed by atoms with E-state index in [1.807, 2.05) is 0 Å². The third kappa shape index (κ3) is 4.41. The molecule has 1 rings (SSSR count).